The van der Waals surface area contributed by atoms with Gasteiger partial charge in [-0.3, -0.25) is 0 Å². The van der Waals surface area contributed by atoms with Crippen molar-refractivity contribution in [1.29, 1.82) is 0 Å². The second-order valence-electron chi connectivity index (χ2n) is 4.19. The molecule has 0 fully saturated rings. The summed E-state index contributed by atoms with van der Waals surface area (Å²) in [6.45, 7) is 2.09. The predicted octanol–water partition coefficient (Wildman–Crippen LogP) is 2.54. The molecule has 0 aliphatic carbocycles. The molecule has 1 atom stereocenters. The van der Waals surface area contributed by atoms with Gasteiger partial charge in [-0.05, 0) is 24.6 Å². The molecule has 0 aromatic heterocycles. The molecule has 3 nitrogen and oxygen atoms in total. The van der Waals surface area contributed by atoms with E-state index in [1.54, 1.807) is 6.92 Å². The molecule has 2 rings (SSSR count). The highest BCUT2D eigenvalue weighted by molar-refractivity contribution is 5.82. The molecule has 0 spiro atoms. The molecular weight excluding hydrogens is 247 g/mol. The topological polar surface area (TPSA) is 40.5 Å². The number of aliphatic carboxylic acids is 1. The van der Waals surface area contributed by atoms with Gasteiger partial charge in [0.15, 0.2) is 0 Å². The minimum absolute atomic E-state index is 0.247. The number of fused-ring (bicyclic) bond motifs is 1. The molecule has 18 heavy (non-hydrogen) atoms. The van der Waals surface area contributed by atoms with Crippen molar-refractivity contribution in [3.05, 3.63) is 29.3 Å². The molecule has 0 saturated carbocycles. The minimum atomic E-state index is -4.41. The Bertz CT molecular complexity index is 485. The fourth-order valence-corrected chi connectivity index (χ4v) is 2.28. The molecule has 0 saturated heterocycles. The van der Waals surface area contributed by atoms with Crippen LogP contribution in [0.2, 0.25) is 0 Å². The van der Waals surface area contributed by atoms with Crippen LogP contribution in [0.15, 0.2) is 18.2 Å². The number of likely N-dealkylation sites (N-methyl/N-ethyl adjacent to an activating group) is 1. The van der Waals surface area contributed by atoms with E-state index in [0.717, 1.165) is 12.1 Å². The van der Waals surface area contributed by atoms with Crippen LogP contribution in [0, 0.1) is 0 Å². The second kappa shape index (κ2) is 4.19. The van der Waals surface area contributed by atoms with Crippen LogP contribution in [0.1, 0.15) is 18.1 Å². The van der Waals surface area contributed by atoms with Crippen molar-refractivity contribution in [2.24, 2.45) is 0 Å². The Morgan fingerprint density at radius 2 is 2.17 bits per heavy atom. The van der Waals surface area contributed by atoms with E-state index in [1.165, 1.54) is 11.0 Å². The van der Waals surface area contributed by atoms with Crippen molar-refractivity contribution in [2.75, 3.05) is 11.4 Å². The number of hydrogen-bond donors (Lipinski definition) is 1. The fraction of sp³-hybridized carbons (Fsp3) is 0.417. The van der Waals surface area contributed by atoms with E-state index in [9.17, 15) is 18.0 Å². The third kappa shape index (κ3) is 2.02. The number of hydrogen-bond acceptors (Lipinski definition) is 2. The maximum absolute atomic E-state index is 12.6. The van der Waals surface area contributed by atoms with Gasteiger partial charge < -0.3 is 10.0 Å². The summed E-state index contributed by atoms with van der Waals surface area (Å²) in [6, 6.07) is 2.62. The molecule has 1 aromatic carbocycles. The number of carboxylic acids is 1. The largest absolute Gasteiger partial charge is 0.480 e. The normalized spacial score (nSPS) is 18.9. The first kappa shape index (κ1) is 12.7. The smallest absolute Gasteiger partial charge is 0.416 e. The third-order valence-electron chi connectivity index (χ3n) is 3.14. The zero-order valence-corrected chi connectivity index (χ0v) is 9.66. The number of nitrogens with zero attached hydrogens (tertiary/aromatic N) is 1. The van der Waals surface area contributed by atoms with E-state index in [1.807, 2.05) is 0 Å². The first-order chi connectivity index (χ1) is 8.34. The lowest BCUT2D eigenvalue weighted by Gasteiger charge is -2.23. The summed E-state index contributed by atoms with van der Waals surface area (Å²) in [5.41, 5.74) is 0.280. The lowest BCUT2D eigenvalue weighted by atomic mass is 10.1. The zero-order valence-electron chi connectivity index (χ0n) is 9.66. The lowest BCUT2D eigenvalue weighted by Crippen LogP contribution is -2.38. The third-order valence-corrected chi connectivity index (χ3v) is 3.14. The van der Waals surface area contributed by atoms with Crippen molar-refractivity contribution in [3.63, 3.8) is 0 Å². The molecule has 98 valence electrons. The van der Waals surface area contributed by atoms with Crippen molar-refractivity contribution in [1.82, 2.24) is 0 Å². The number of halogens is 3. The number of alkyl halides is 3. The van der Waals surface area contributed by atoms with Gasteiger partial charge in [0.25, 0.3) is 0 Å². The van der Waals surface area contributed by atoms with Crippen molar-refractivity contribution < 1.29 is 23.1 Å². The minimum Gasteiger partial charge on any atom is -0.480 e. The van der Waals surface area contributed by atoms with Crippen LogP contribution in [-0.2, 0) is 17.4 Å². The van der Waals surface area contributed by atoms with Crippen molar-refractivity contribution in [2.45, 2.75) is 25.6 Å². The van der Waals surface area contributed by atoms with Gasteiger partial charge in [-0.1, -0.05) is 6.07 Å². The van der Waals surface area contributed by atoms with Crippen molar-refractivity contribution >= 4 is 11.7 Å². The maximum Gasteiger partial charge on any atom is 0.416 e. The molecule has 1 unspecified atom stereocenters. The average molecular weight is 259 g/mol. The van der Waals surface area contributed by atoms with E-state index in [4.69, 9.17) is 5.11 Å². The SMILES string of the molecule is CCN1c2cc(C(F)(F)F)ccc2CC1C(=O)O. The molecule has 1 N–H and O–H groups in total. The Labute approximate surface area is 102 Å². The van der Waals surface area contributed by atoms with Gasteiger partial charge in [0.05, 0.1) is 5.56 Å². The molecule has 1 aromatic rings. The van der Waals surface area contributed by atoms with E-state index >= 15 is 0 Å². The summed E-state index contributed by atoms with van der Waals surface area (Å²) >= 11 is 0. The highest BCUT2D eigenvalue weighted by Gasteiger charge is 2.37. The monoisotopic (exact) mass is 259 g/mol. The quantitative estimate of drug-likeness (QED) is 0.887. The Morgan fingerprint density at radius 3 is 2.67 bits per heavy atom. The van der Waals surface area contributed by atoms with Crippen LogP contribution in [0.4, 0.5) is 18.9 Å². The summed E-state index contributed by atoms with van der Waals surface area (Å²) in [5.74, 6) is -1.01. The first-order valence-electron chi connectivity index (χ1n) is 5.54. The lowest BCUT2D eigenvalue weighted by molar-refractivity contribution is -0.138. The Morgan fingerprint density at radius 1 is 1.50 bits per heavy atom. The van der Waals surface area contributed by atoms with Crippen LogP contribution in [0.5, 0.6) is 0 Å². The van der Waals surface area contributed by atoms with Gasteiger partial charge in [0, 0.05) is 18.7 Å². The summed E-state index contributed by atoms with van der Waals surface area (Å²) < 4.78 is 37.8. The highest BCUT2D eigenvalue weighted by Crippen LogP contribution is 2.38. The van der Waals surface area contributed by atoms with Crippen molar-refractivity contribution in [3.8, 4) is 0 Å². The number of benzene rings is 1. The second-order valence-corrected chi connectivity index (χ2v) is 4.19. The number of anilines is 1. The van der Waals surface area contributed by atoms with Gasteiger partial charge >= 0.3 is 12.1 Å². The van der Waals surface area contributed by atoms with Gasteiger partial charge in [0.1, 0.15) is 6.04 Å². The molecule has 0 amide bonds. The van der Waals surface area contributed by atoms with Gasteiger partial charge in [-0.2, -0.15) is 13.2 Å². The Balaban J connectivity index is 2.44. The zero-order chi connectivity index (χ0) is 13.5. The number of carbonyl (C=O) groups is 1. The van der Waals surface area contributed by atoms with Crippen LogP contribution < -0.4 is 4.90 Å². The summed E-state index contributed by atoms with van der Waals surface area (Å²) in [5, 5.41) is 9.05. The van der Waals surface area contributed by atoms with E-state index in [0.29, 0.717) is 17.8 Å². The van der Waals surface area contributed by atoms with E-state index in [2.05, 4.69) is 0 Å². The van der Waals surface area contributed by atoms with E-state index < -0.39 is 23.8 Å². The Hall–Kier alpha value is -1.72. The van der Waals surface area contributed by atoms with Gasteiger partial charge in [0.2, 0.25) is 0 Å². The summed E-state index contributed by atoms with van der Waals surface area (Å²) in [7, 11) is 0. The molecule has 0 bridgehead atoms. The molecule has 1 aliphatic rings. The fourth-order valence-electron chi connectivity index (χ4n) is 2.28. The molecule has 0 radical (unpaired) electrons. The maximum atomic E-state index is 12.6. The Kier molecular flexibility index (Phi) is 2.96. The van der Waals surface area contributed by atoms with Crippen LogP contribution in [0.3, 0.4) is 0 Å². The first-order valence-corrected chi connectivity index (χ1v) is 5.54. The number of rotatable bonds is 2. The van der Waals surface area contributed by atoms with Gasteiger partial charge in [-0.15, -0.1) is 0 Å². The van der Waals surface area contributed by atoms with Crippen LogP contribution >= 0.6 is 0 Å². The molecular formula is C12H12F3NO2. The molecule has 1 aliphatic heterocycles. The summed E-state index contributed by atoms with van der Waals surface area (Å²) in [6.07, 6.45) is -4.16. The highest BCUT2D eigenvalue weighted by atomic mass is 19.4. The number of carboxylic acid groups (broad SMARTS) is 1. The van der Waals surface area contributed by atoms with E-state index in [-0.39, 0.29) is 6.42 Å². The molecule has 1 heterocycles. The predicted molar refractivity (Wildman–Crippen MR) is 59.6 cm³/mol. The standard InChI is InChI=1S/C12H12F3NO2/c1-2-16-9-6-8(12(13,14)15)4-3-7(9)5-10(16)11(17)18/h3-4,6,10H,2,5H2,1H3,(H,17,18). The summed E-state index contributed by atoms with van der Waals surface area (Å²) in [4.78, 5) is 12.6. The van der Waals surface area contributed by atoms with Gasteiger partial charge in [-0.25, -0.2) is 4.79 Å². The van der Waals surface area contributed by atoms with Crippen LogP contribution in [-0.4, -0.2) is 23.7 Å². The molecule has 6 heteroatoms. The average Bonchev–Trinajstić information content (AvgIpc) is 2.65. The van der Waals surface area contributed by atoms with Crippen LogP contribution in [0.25, 0.3) is 0 Å².